The van der Waals surface area contributed by atoms with Crippen LogP contribution in [0.25, 0.3) is 10.9 Å². The second-order valence-electron chi connectivity index (χ2n) is 6.81. The van der Waals surface area contributed by atoms with Crippen LogP contribution >= 0.6 is 0 Å². The topological polar surface area (TPSA) is 80.4 Å². The van der Waals surface area contributed by atoms with Crippen LogP contribution in [0.15, 0.2) is 41.2 Å². The molecular formula is C22H24N2O4. The number of aromatic amines is 1. The summed E-state index contributed by atoms with van der Waals surface area (Å²) in [6, 6.07) is 11.2. The van der Waals surface area contributed by atoms with E-state index in [0.717, 1.165) is 27.6 Å². The Morgan fingerprint density at radius 2 is 1.79 bits per heavy atom. The summed E-state index contributed by atoms with van der Waals surface area (Å²) in [5.41, 5.74) is 4.13. The van der Waals surface area contributed by atoms with Crippen LogP contribution in [-0.4, -0.2) is 25.1 Å². The van der Waals surface area contributed by atoms with Crippen LogP contribution in [0, 0.1) is 13.8 Å². The normalized spacial score (nSPS) is 10.7. The maximum atomic E-state index is 12.3. The number of aryl methyl sites for hydroxylation is 2. The molecule has 2 N–H and O–H groups in total. The Bertz CT molecular complexity index is 1090. The number of nitrogens with one attached hydrogen (secondary N) is 2. The summed E-state index contributed by atoms with van der Waals surface area (Å²) in [6.07, 6.45) is 0.185. The lowest BCUT2D eigenvalue weighted by Crippen LogP contribution is -2.28. The summed E-state index contributed by atoms with van der Waals surface area (Å²) in [6.45, 7) is 4.17. The molecule has 0 unspecified atom stereocenters. The van der Waals surface area contributed by atoms with E-state index >= 15 is 0 Å². The van der Waals surface area contributed by atoms with Crippen LogP contribution in [0.4, 0.5) is 0 Å². The molecule has 0 saturated carbocycles. The van der Waals surface area contributed by atoms with Gasteiger partial charge in [0, 0.05) is 23.0 Å². The Kier molecular flexibility index (Phi) is 5.68. The molecule has 0 aliphatic carbocycles. The molecular weight excluding hydrogens is 356 g/mol. The first kappa shape index (κ1) is 19.5. The second-order valence-corrected chi connectivity index (χ2v) is 6.81. The van der Waals surface area contributed by atoms with E-state index in [9.17, 15) is 9.59 Å². The zero-order valence-corrected chi connectivity index (χ0v) is 16.5. The highest BCUT2D eigenvalue weighted by molar-refractivity contribution is 5.83. The zero-order chi connectivity index (χ0) is 20.3. The Labute approximate surface area is 163 Å². The van der Waals surface area contributed by atoms with Crippen molar-refractivity contribution in [2.45, 2.75) is 26.8 Å². The van der Waals surface area contributed by atoms with Crippen molar-refractivity contribution >= 4 is 16.8 Å². The quantitative estimate of drug-likeness (QED) is 0.689. The highest BCUT2D eigenvalue weighted by atomic mass is 16.5. The molecule has 0 fully saturated rings. The molecule has 2 aromatic carbocycles. The van der Waals surface area contributed by atoms with Crippen LogP contribution in [0.5, 0.6) is 11.5 Å². The SMILES string of the molecule is COc1ccc(CC(=O)NCc2cc3c(C)cc(C)cc3[nH]c2=O)cc1OC. The Morgan fingerprint density at radius 1 is 1.04 bits per heavy atom. The van der Waals surface area contributed by atoms with Crippen LogP contribution in [-0.2, 0) is 17.8 Å². The van der Waals surface area contributed by atoms with E-state index in [2.05, 4.69) is 16.4 Å². The number of pyridine rings is 1. The standard InChI is InChI=1S/C22H24N2O4/c1-13-7-14(2)17-11-16(22(26)24-18(17)8-13)12-23-21(25)10-15-5-6-19(27-3)20(9-15)28-4/h5-9,11H,10,12H2,1-4H3,(H,23,25)(H,24,26). The van der Waals surface area contributed by atoms with Gasteiger partial charge < -0.3 is 19.8 Å². The fourth-order valence-corrected chi connectivity index (χ4v) is 3.28. The van der Waals surface area contributed by atoms with E-state index in [1.807, 2.05) is 32.0 Å². The van der Waals surface area contributed by atoms with E-state index in [0.29, 0.717) is 17.1 Å². The summed E-state index contributed by atoms with van der Waals surface area (Å²) in [7, 11) is 3.12. The average molecular weight is 380 g/mol. The van der Waals surface area contributed by atoms with Crippen molar-refractivity contribution in [2.24, 2.45) is 0 Å². The fourth-order valence-electron chi connectivity index (χ4n) is 3.28. The molecule has 1 heterocycles. The lowest BCUT2D eigenvalue weighted by atomic mass is 10.0. The minimum Gasteiger partial charge on any atom is -0.493 e. The summed E-state index contributed by atoms with van der Waals surface area (Å²) in [5, 5.41) is 3.80. The van der Waals surface area contributed by atoms with Crippen molar-refractivity contribution in [3.8, 4) is 11.5 Å². The van der Waals surface area contributed by atoms with Gasteiger partial charge in [-0.2, -0.15) is 0 Å². The number of aromatic nitrogens is 1. The molecule has 0 aliphatic heterocycles. The van der Waals surface area contributed by atoms with E-state index in [-0.39, 0.29) is 24.4 Å². The van der Waals surface area contributed by atoms with Gasteiger partial charge >= 0.3 is 0 Å². The highest BCUT2D eigenvalue weighted by Crippen LogP contribution is 2.27. The highest BCUT2D eigenvalue weighted by Gasteiger charge is 2.10. The number of fused-ring (bicyclic) bond motifs is 1. The maximum absolute atomic E-state index is 12.3. The third-order valence-electron chi connectivity index (χ3n) is 4.68. The Morgan fingerprint density at radius 3 is 2.50 bits per heavy atom. The Balaban J connectivity index is 1.72. The number of methoxy groups -OCH3 is 2. The number of carbonyl (C=O) groups is 1. The molecule has 1 aromatic heterocycles. The summed E-state index contributed by atoms with van der Waals surface area (Å²) < 4.78 is 10.5. The molecule has 0 atom stereocenters. The van der Waals surface area contributed by atoms with Gasteiger partial charge in [-0.3, -0.25) is 9.59 Å². The number of H-pyrrole nitrogens is 1. The lowest BCUT2D eigenvalue weighted by Gasteiger charge is -2.10. The van der Waals surface area contributed by atoms with Crippen LogP contribution in [0.2, 0.25) is 0 Å². The summed E-state index contributed by atoms with van der Waals surface area (Å²) in [4.78, 5) is 27.6. The number of hydrogen-bond donors (Lipinski definition) is 2. The average Bonchev–Trinajstić information content (AvgIpc) is 2.66. The van der Waals surface area contributed by atoms with Crippen molar-refractivity contribution in [3.05, 3.63) is 69.0 Å². The van der Waals surface area contributed by atoms with Crippen molar-refractivity contribution in [2.75, 3.05) is 14.2 Å². The van der Waals surface area contributed by atoms with Crippen molar-refractivity contribution in [3.63, 3.8) is 0 Å². The smallest absolute Gasteiger partial charge is 0.253 e. The van der Waals surface area contributed by atoms with Gasteiger partial charge in [0.25, 0.3) is 5.56 Å². The first-order chi connectivity index (χ1) is 13.4. The monoisotopic (exact) mass is 380 g/mol. The van der Waals surface area contributed by atoms with Crippen LogP contribution in [0.1, 0.15) is 22.3 Å². The number of amides is 1. The minimum atomic E-state index is -0.191. The first-order valence-electron chi connectivity index (χ1n) is 9.02. The zero-order valence-electron chi connectivity index (χ0n) is 16.5. The van der Waals surface area contributed by atoms with Crippen molar-refractivity contribution < 1.29 is 14.3 Å². The lowest BCUT2D eigenvalue weighted by molar-refractivity contribution is -0.120. The molecule has 0 aliphatic rings. The third kappa shape index (κ3) is 4.17. The predicted molar refractivity (Wildman–Crippen MR) is 109 cm³/mol. The van der Waals surface area contributed by atoms with Gasteiger partial charge in [-0.25, -0.2) is 0 Å². The van der Waals surface area contributed by atoms with Gasteiger partial charge in [-0.05, 0) is 54.8 Å². The van der Waals surface area contributed by atoms with Gasteiger partial charge in [-0.15, -0.1) is 0 Å². The second kappa shape index (κ2) is 8.17. The first-order valence-corrected chi connectivity index (χ1v) is 9.02. The molecule has 1 amide bonds. The Hall–Kier alpha value is -3.28. The molecule has 3 rings (SSSR count). The number of carbonyl (C=O) groups excluding carboxylic acids is 1. The number of ether oxygens (including phenoxy) is 2. The van der Waals surface area contributed by atoms with Gasteiger partial charge in [-0.1, -0.05) is 12.1 Å². The van der Waals surface area contributed by atoms with E-state index in [1.165, 1.54) is 0 Å². The molecule has 146 valence electrons. The van der Waals surface area contributed by atoms with Crippen molar-refractivity contribution in [1.29, 1.82) is 0 Å². The molecule has 0 bridgehead atoms. The molecule has 0 radical (unpaired) electrons. The number of rotatable bonds is 6. The molecule has 6 nitrogen and oxygen atoms in total. The molecule has 28 heavy (non-hydrogen) atoms. The van der Waals surface area contributed by atoms with E-state index in [1.54, 1.807) is 26.4 Å². The fraction of sp³-hybridized carbons (Fsp3) is 0.273. The maximum Gasteiger partial charge on any atom is 0.253 e. The molecule has 0 saturated heterocycles. The largest absolute Gasteiger partial charge is 0.493 e. The van der Waals surface area contributed by atoms with Gasteiger partial charge in [0.2, 0.25) is 5.91 Å². The predicted octanol–water partition coefficient (Wildman–Crippen LogP) is 3.02. The minimum absolute atomic E-state index is 0.171. The molecule has 0 spiro atoms. The van der Waals surface area contributed by atoms with E-state index in [4.69, 9.17) is 9.47 Å². The van der Waals surface area contributed by atoms with Crippen LogP contribution in [0.3, 0.4) is 0 Å². The van der Waals surface area contributed by atoms with Gasteiger partial charge in [0.1, 0.15) is 0 Å². The van der Waals surface area contributed by atoms with Gasteiger partial charge in [0.05, 0.1) is 20.6 Å². The molecule has 6 heteroatoms. The number of hydrogen-bond acceptors (Lipinski definition) is 4. The summed E-state index contributed by atoms with van der Waals surface area (Å²) in [5.74, 6) is 1.01. The summed E-state index contributed by atoms with van der Waals surface area (Å²) >= 11 is 0. The van der Waals surface area contributed by atoms with Gasteiger partial charge in [0.15, 0.2) is 11.5 Å². The van der Waals surface area contributed by atoms with Crippen LogP contribution < -0.4 is 20.3 Å². The molecule has 3 aromatic rings. The number of benzene rings is 2. The third-order valence-corrected chi connectivity index (χ3v) is 4.68. The van der Waals surface area contributed by atoms with E-state index < -0.39 is 0 Å². The van der Waals surface area contributed by atoms with Crippen molar-refractivity contribution in [1.82, 2.24) is 10.3 Å².